The highest BCUT2D eigenvalue weighted by Gasteiger charge is 2.26. The van der Waals surface area contributed by atoms with Crippen molar-refractivity contribution in [1.29, 1.82) is 0 Å². The number of hydrogen-bond donors (Lipinski definition) is 4. The van der Waals surface area contributed by atoms with Crippen molar-refractivity contribution in [3.8, 4) is 0 Å². The third-order valence-electron chi connectivity index (χ3n) is 5.44. The van der Waals surface area contributed by atoms with Crippen molar-refractivity contribution < 1.29 is 15.3 Å². The number of aliphatic hydroxyl groups is 3. The molecule has 0 bridgehead atoms. The van der Waals surface area contributed by atoms with Crippen LogP contribution < -0.4 is 5.32 Å². The summed E-state index contributed by atoms with van der Waals surface area (Å²) in [6.45, 7) is 2.30. The Morgan fingerprint density at radius 3 is 1.12 bits per heavy atom. The second kappa shape index (κ2) is 19.6. The van der Waals surface area contributed by atoms with Gasteiger partial charge in [0.05, 0.1) is 25.4 Å². The molecule has 0 atom stereocenters. The molecule has 26 heavy (non-hydrogen) atoms. The Bertz CT molecular complexity index is 262. The molecule has 0 aromatic carbocycles. The first-order valence-corrected chi connectivity index (χ1v) is 11.3. The Morgan fingerprint density at radius 1 is 0.500 bits per heavy atom. The number of hydrogen-bond acceptors (Lipinski definition) is 4. The Kier molecular flexibility index (Phi) is 19.5. The molecule has 4 heteroatoms. The molecule has 0 aromatic heterocycles. The van der Waals surface area contributed by atoms with E-state index < -0.39 is 5.54 Å². The van der Waals surface area contributed by atoms with Crippen LogP contribution in [0.25, 0.3) is 0 Å². The quantitative estimate of drug-likeness (QED) is 0.223. The lowest BCUT2D eigenvalue weighted by atomic mass is 10.0. The van der Waals surface area contributed by atoms with E-state index in [1.807, 2.05) is 0 Å². The molecule has 4 nitrogen and oxygen atoms in total. The molecule has 0 saturated carbocycles. The van der Waals surface area contributed by atoms with Gasteiger partial charge in [-0.2, -0.15) is 0 Å². The van der Waals surface area contributed by atoms with E-state index in [1.165, 1.54) is 96.3 Å². The van der Waals surface area contributed by atoms with Crippen molar-refractivity contribution in [2.45, 2.75) is 115 Å². The van der Waals surface area contributed by atoms with E-state index in [2.05, 4.69) is 12.2 Å². The van der Waals surface area contributed by atoms with Gasteiger partial charge in [0.15, 0.2) is 0 Å². The molecule has 0 fully saturated rings. The monoisotopic (exact) mass is 373 g/mol. The highest BCUT2D eigenvalue weighted by Crippen LogP contribution is 2.13. The summed E-state index contributed by atoms with van der Waals surface area (Å²) in [6.07, 6.45) is 21.6. The molecule has 0 heterocycles. The van der Waals surface area contributed by atoms with Gasteiger partial charge in [0.25, 0.3) is 0 Å². The molecule has 0 unspecified atom stereocenters. The Hall–Kier alpha value is -0.160. The second-order valence-corrected chi connectivity index (χ2v) is 7.98. The van der Waals surface area contributed by atoms with E-state index in [1.54, 1.807) is 0 Å². The zero-order valence-corrected chi connectivity index (χ0v) is 17.5. The number of unbranched alkanes of at least 4 members (excludes halogenated alkanes) is 15. The van der Waals surface area contributed by atoms with Crippen LogP contribution in [0.4, 0.5) is 0 Å². The maximum Gasteiger partial charge on any atom is 0.0881 e. The molecule has 4 N–H and O–H groups in total. The molecule has 0 aliphatic rings. The summed E-state index contributed by atoms with van der Waals surface area (Å²) in [5.41, 5.74) is -0.921. The van der Waals surface area contributed by atoms with E-state index in [-0.39, 0.29) is 19.8 Å². The van der Waals surface area contributed by atoms with Crippen LogP contribution in [0.3, 0.4) is 0 Å². The van der Waals surface area contributed by atoms with E-state index in [0.717, 1.165) is 13.0 Å². The van der Waals surface area contributed by atoms with Crippen LogP contribution >= 0.6 is 0 Å². The molecule has 0 aliphatic carbocycles. The molecular weight excluding hydrogens is 326 g/mol. The summed E-state index contributed by atoms with van der Waals surface area (Å²) in [7, 11) is 0. The molecule has 0 radical (unpaired) electrons. The molecule has 0 rings (SSSR count). The van der Waals surface area contributed by atoms with Crippen LogP contribution in [0.2, 0.25) is 0 Å². The lowest BCUT2D eigenvalue weighted by Crippen LogP contribution is -2.55. The summed E-state index contributed by atoms with van der Waals surface area (Å²) in [5, 5.41) is 30.8. The first-order valence-electron chi connectivity index (χ1n) is 11.3. The standard InChI is InChI=1S/C22H47NO3/c1-2-3-4-5-6-7-8-9-10-11-12-13-14-15-16-17-18-23-22(19-24,20-25)21-26/h23-26H,2-21H2,1H3. The third kappa shape index (κ3) is 15.0. The van der Waals surface area contributed by atoms with Crippen molar-refractivity contribution in [3.63, 3.8) is 0 Å². The highest BCUT2D eigenvalue weighted by atomic mass is 16.3. The van der Waals surface area contributed by atoms with Crippen molar-refractivity contribution in [2.75, 3.05) is 26.4 Å². The molecule has 158 valence electrons. The summed E-state index contributed by atoms with van der Waals surface area (Å²) in [6, 6.07) is 0. The zero-order chi connectivity index (χ0) is 19.3. The molecule has 0 spiro atoms. The first kappa shape index (κ1) is 25.8. The van der Waals surface area contributed by atoms with Crippen molar-refractivity contribution in [1.82, 2.24) is 5.32 Å². The van der Waals surface area contributed by atoms with Crippen LogP contribution in [0.15, 0.2) is 0 Å². The normalized spacial score (nSPS) is 12.0. The van der Waals surface area contributed by atoms with Gasteiger partial charge >= 0.3 is 0 Å². The van der Waals surface area contributed by atoms with Crippen LogP contribution in [-0.4, -0.2) is 47.2 Å². The van der Waals surface area contributed by atoms with Gasteiger partial charge in [-0.25, -0.2) is 0 Å². The van der Waals surface area contributed by atoms with Gasteiger partial charge in [-0.1, -0.05) is 103 Å². The van der Waals surface area contributed by atoms with Gasteiger partial charge in [-0.3, -0.25) is 0 Å². The minimum absolute atomic E-state index is 0.237. The summed E-state index contributed by atoms with van der Waals surface area (Å²) < 4.78 is 0. The van der Waals surface area contributed by atoms with Crippen LogP contribution in [0.5, 0.6) is 0 Å². The largest absolute Gasteiger partial charge is 0.394 e. The van der Waals surface area contributed by atoms with Gasteiger partial charge in [-0.15, -0.1) is 0 Å². The van der Waals surface area contributed by atoms with Crippen molar-refractivity contribution in [3.05, 3.63) is 0 Å². The first-order chi connectivity index (χ1) is 12.7. The summed E-state index contributed by atoms with van der Waals surface area (Å²) in [5.74, 6) is 0. The maximum atomic E-state index is 9.23. The molecule has 0 aromatic rings. The van der Waals surface area contributed by atoms with Gasteiger partial charge in [0.1, 0.15) is 0 Å². The van der Waals surface area contributed by atoms with Gasteiger partial charge in [0.2, 0.25) is 0 Å². The molecule has 0 amide bonds. The summed E-state index contributed by atoms with van der Waals surface area (Å²) >= 11 is 0. The van der Waals surface area contributed by atoms with Crippen molar-refractivity contribution >= 4 is 0 Å². The maximum absolute atomic E-state index is 9.23. The fourth-order valence-corrected chi connectivity index (χ4v) is 3.34. The van der Waals surface area contributed by atoms with Crippen LogP contribution in [-0.2, 0) is 0 Å². The van der Waals surface area contributed by atoms with E-state index >= 15 is 0 Å². The topological polar surface area (TPSA) is 72.7 Å². The number of aliphatic hydroxyl groups excluding tert-OH is 3. The molecular formula is C22H47NO3. The fourth-order valence-electron chi connectivity index (χ4n) is 3.34. The smallest absolute Gasteiger partial charge is 0.0881 e. The van der Waals surface area contributed by atoms with Crippen molar-refractivity contribution in [2.24, 2.45) is 0 Å². The van der Waals surface area contributed by atoms with Gasteiger partial charge < -0.3 is 20.6 Å². The van der Waals surface area contributed by atoms with Crippen LogP contribution in [0.1, 0.15) is 110 Å². The molecule has 0 aliphatic heterocycles. The van der Waals surface area contributed by atoms with E-state index in [9.17, 15) is 15.3 Å². The van der Waals surface area contributed by atoms with Crippen LogP contribution in [0, 0.1) is 0 Å². The predicted molar refractivity (Wildman–Crippen MR) is 112 cm³/mol. The lowest BCUT2D eigenvalue weighted by molar-refractivity contribution is 0.0425. The third-order valence-corrected chi connectivity index (χ3v) is 5.44. The number of nitrogens with one attached hydrogen (secondary N) is 1. The predicted octanol–water partition coefficient (Wildman–Crippen LogP) is 4.55. The SMILES string of the molecule is CCCCCCCCCCCCCCCCCCNC(CO)(CO)CO. The van der Waals surface area contributed by atoms with E-state index in [4.69, 9.17) is 0 Å². The minimum Gasteiger partial charge on any atom is -0.394 e. The average Bonchev–Trinajstić information content (AvgIpc) is 2.68. The lowest BCUT2D eigenvalue weighted by Gasteiger charge is -2.28. The Labute approximate surface area is 162 Å². The van der Waals surface area contributed by atoms with Gasteiger partial charge in [0, 0.05) is 0 Å². The Morgan fingerprint density at radius 2 is 0.808 bits per heavy atom. The summed E-state index contributed by atoms with van der Waals surface area (Å²) in [4.78, 5) is 0. The Balaban J connectivity index is 3.20. The average molecular weight is 374 g/mol. The highest BCUT2D eigenvalue weighted by molar-refractivity contribution is 4.85. The zero-order valence-electron chi connectivity index (χ0n) is 17.5. The minimum atomic E-state index is -0.921. The second-order valence-electron chi connectivity index (χ2n) is 7.98. The van der Waals surface area contributed by atoms with Gasteiger partial charge in [-0.05, 0) is 13.0 Å². The fraction of sp³-hybridized carbons (Fsp3) is 1.00. The molecule has 0 saturated heterocycles. The van der Waals surface area contributed by atoms with E-state index in [0.29, 0.717) is 0 Å². The number of rotatable bonds is 21.